The molecule has 0 spiro atoms. The van der Waals surface area contributed by atoms with Gasteiger partial charge >= 0.3 is 0 Å². The van der Waals surface area contributed by atoms with Crippen molar-refractivity contribution in [3.05, 3.63) is 83.9 Å². The number of anilines is 3. The molecule has 3 aromatic carbocycles. The summed E-state index contributed by atoms with van der Waals surface area (Å²) in [5.74, 6) is 0.453. The number of rotatable bonds is 7. The molecule has 6 nitrogen and oxygen atoms in total. The van der Waals surface area contributed by atoms with Crippen LogP contribution in [0.15, 0.2) is 72.8 Å². The molecule has 32 heavy (non-hydrogen) atoms. The van der Waals surface area contributed by atoms with Gasteiger partial charge in [-0.15, -0.1) is 0 Å². The predicted octanol–water partition coefficient (Wildman–Crippen LogP) is 4.71. The first-order valence-corrected chi connectivity index (χ1v) is 10.9. The molecule has 2 amide bonds. The Morgan fingerprint density at radius 3 is 2.34 bits per heavy atom. The lowest BCUT2D eigenvalue weighted by Gasteiger charge is -2.29. The molecule has 6 heteroatoms. The van der Waals surface area contributed by atoms with Gasteiger partial charge in [0.1, 0.15) is 5.75 Å². The largest absolute Gasteiger partial charge is 0.482 e. The van der Waals surface area contributed by atoms with Crippen molar-refractivity contribution in [1.82, 2.24) is 0 Å². The summed E-state index contributed by atoms with van der Waals surface area (Å²) in [6.07, 6.45) is 0. The lowest BCUT2D eigenvalue weighted by molar-refractivity contribution is -0.121. The van der Waals surface area contributed by atoms with Crippen molar-refractivity contribution in [2.75, 3.05) is 34.8 Å². The quantitative estimate of drug-likeness (QED) is 0.591. The molecule has 0 atom stereocenters. The summed E-state index contributed by atoms with van der Waals surface area (Å²) in [6.45, 7) is 6.58. The van der Waals surface area contributed by atoms with Crippen molar-refractivity contribution in [2.45, 2.75) is 20.4 Å². The van der Waals surface area contributed by atoms with Crippen LogP contribution in [0.1, 0.15) is 29.8 Å². The Morgan fingerprint density at radius 2 is 1.66 bits per heavy atom. The molecule has 0 fully saturated rings. The second kappa shape index (κ2) is 9.56. The van der Waals surface area contributed by atoms with Crippen LogP contribution in [0.2, 0.25) is 0 Å². The number of nitrogens with zero attached hydrogens (tertiary/aromatic N) is 2. The van der Waals surface area contributed by atoms with Crippen molar-refractivity contribution in [3.63, 3.8) is 0 Å². The van der Waals surface area contributed by atoms with E-state index in [2.05, 4.69) is 24.1 Å². The average Bonchev–Trinajstić information content (AvgIpc) is 2.83. The van der Waals surface area contributed by atoms with Gasteiger partial charge in [-0.3, -0.25) is 9.59 Å². The minimum Gasteiger partial charge on any atom is -0.482 e. The fourth-order valence-corrected chi connectivity index (χ4v) is 3.82. The normalized spacial score (nSPS) is 12.7. The first-order chi connectivity index (χ1) is 15.6. The van der Waals surface area contributed by atoms with Crippen molar-refractivity contribution in [1.29, 1.82) is 0 Å². The topological polar surface area (TPSA) is 61.9 Å². The third-order valence-electron chi connectivity index (χ3n) is 5.62. The summed E-state index contributed by atoms with van der Waals surface area (Å²) in [6, 6.07) is 22.7. The Hall–Kier alpha value is -3.80. The highest BCUT2D eigenvalue weighted by Gasteiger charge is 2.25. The van der Waals surface area contributed by atoms with Gasteiger partial charge in [0.2, 0.25) is 0 Å². The second-order valence-electron chi connectivity index (χ2n) is 7.61. The van der Waals surface area contributed by atoms with Gasteiger partial charge in [0, 0.05) is 30.0 Å². The predicted molar refractivity (Wildman–Crippen MR) is 128 cm³/mol. The van der Waals surface area contributed by atoms with E-state index in [1.54, 1.807) is 17.0 Å². The lowest BCUT2D eigenvalue weighted by atomic mass is 10.1. The molecule has 3 aromatic rings. The number of hydrogen-bond donors (Lipinski definition) is 1. The smallest absolute Gasteiger partial charge is 0.265 e. The molecule has 1 aliphatic rings. The van der Waals surface area contributed by atoms with Crippen LogP contribution < -0.4 is 19.9 Å². The molecule has 4 rings (SSSR count). The Labute approximate surface area is 188 Å². The van der Waals surface area contributed by atoms with E-state index in [4.69, 9.17) is 4.74 Å². The monoisotopic (exact) mass is 429 g/mol. The van der Waals surface area contributed by atoms with Crippen LogP contribution >= 0.6 is 0 Å². The zero-order valence-corrected chi connectivity index (χ0v) is 18.4. The Morgan fingerprint density at radius 1 is 0.969 bits per heavy atom. The van der Waals surface area contributed by atoms with Gasteiger partial charge in [0.15, 0.2) is 6.61 Å². The molecule has 0 bridgehead atoms. The minimum atomic E-state index is -0.167. The highest BCUT2D eigenvalue weighted by Crippen LogP contribution is 2.32. The van der Waals surface area contributed by atoms with Crippen molar-refractivity contribution in [2.24, 2.45) is 0 Å². The molecule has 1 N–H and O–H groups in total. The maximum atomic E-state index is 12.7. The third kappa shape index (κ3) is 4.59. The minimum absolute atomic E-state index is 0.0323. The van der Waals surface area contributed by atoms with Crippen LogP contribution in [0.3, 0.4) is 0 Å². The molecule has 1 aliphatic heterocycles. The third-order valence-corrected chi connectivity index (χ3v) is 5.62. The van der Waals surface area contributed by atoms with E-state index < -0.39 is 0 Å². The highest BCUT2D eigenvalue weighted by molar-refractivity contribution is 6.04. The van der Waals surface area contributed by atoms with Crippen molar-refractivity contribution < 1.29 is 14.3 Å². The van der Waals surface area contributed by atoms with Crippen molar-refractivity contribution in [3.8, 4) is 5.75 Å². The summed E-state index contributed by atoms with van der Waals surface area (Å²) in [7, 11) is 0. The number of fused-ring (bicyclic) bond motifs is 1. The average molecular weight is 430 g/mol. The van der Waals surface area contributed by atoms with Crippen LogP contribution in [0.5, 0.6) is 5.75 Å². The van der Waals surface area contributed by atoms with Gasteiger partial charge in [0.05, 0.1) is 12.2 Å². The van der Waals surface area contributed by atoms with Crippen LogP contribution in [0.25, 0.3) is 0 Å². The molecule has 0 saturated heterocycles. The van der Waals surface area contributed by atoms with Gasteiger partial charge < -0.3 is 19.9 Å². The number of carbonyl (C=O) groups excluding carboxylic acids is 2. The van der Waals surface area contributed by atoms with E-state index in [0.29, 0.717) is 17.9 Å². The zero-order chi connectivity index (χ0) is 22.5. The zero-order valence-electron chi connectivity index (χ0n) is 18.4. The van der Waals surface area contributed by atoms with E-state index in [1.807, 2.05) is 60.7 Å². The van der Waals surface area contributed by atoms with Crippen LogP contribution in [-0.2, 0) is 11.3 Å². The summed E-state index contributed by atoms with van der Waals surface area (Å²) in [4.78, 5) is 29.0. The molecular weight excluding hydrogens is 402 g/mol. The summed E-state index contributed by atoms with van der Waals surface area (Å²) >= 11 is 0. The lowest BCUT2D eigenvalue weighted by Crippen LogP contribution is -2.38. The van der Waals surface area contributed by atoms with E-state index in [-0.39, 0.29) is 18.4 Å². The van der Waals surface area contributed by atoms with Crippen LogP contribution in [0.4, 0.5) is 17.1 Å². The fraction of sp³-hybridized carbons (Fsp3) is 0.231. The first-order valence-electron chi connectivity index (χ1n) is 10.9. The molecule has 0 unspecified atom stereocenters. The van der Waals surface area contributed by atoms with Crippen LogP contribution in [0, 0.1) is 0 Å². The van der Waals surface area contributed by atoms with Gasteiger partial charge in [0.25, 0.3) is 11.8 Å². The molecule has 0 saturated carbocycles. The van der Waals surface area contributed by atoms with Gasteiger partial charge in [-0.25, -0.2) is 0 Å². The Balaban J connectivity index is 1.42. The number of ether oxygens (including phenoxy) is 1. The highest BCUT2D eigenvalue weighted by atomic mass is 16.5. The number of carbonyl (C=O) groups is 2. The first kappa shape index (κ1) is 21.4. The molecular formula is C26H27N3O3. The standard InChI is InChI=1S/C26H27N3O3/c1-3-28(4-2)22-15-13-21(14-16-22)27-26(31)20-11-9-19(10-12-20)17-29-23-7-5-6-8-24(23)32-18-25(29)30/h5-16H,3-4,17-18H2,1-2H3,(H,27,31). The summed E-state index contributed by atoms with van der Waals surface area (Å²) < 4.78 is 5.50. The summed E-state index contributed by atoms with van der Waals surface area (Å²) in [5, 5.41) is 2.94. The van der Waals surface area contributed by atoms with Crippen molar-refractivity contribution >= 4 is 28.9 Å². The maximum Gasteiger partial charge on any atom is 0.265 e. The molecule has 0 aromatic heterocycles. The number of benzene rings is 3. The van der Waals surface area contributed by atoms with Gasteiger partial charge in [-0.1, -0.05) is 24.3 Å². The number of nitrogens with one attached hydrogen (secondary N) is 1. The Bertz CT molecular complexity index is 1090. The second-order valence-corrected chi connectivity index (χ2v) is 7.61. The molecule has 1 heterocycles. The molecule has 0 aliphatic carbocycles. The van der Waals surface area contributed by atoms with E-state index in [1.165, 1.54) is 0 Å². The van der Waals surface area contributed by atoms with Gasteiger partial charge in [-0.2, -0.15) is 0 Å². The fourth-order valence-electron chi connectivity index (χ4n) is 3.82. The summed E-state index contributed by atoms with van der Waals surface area (Å²) in [5.41, 5.74) is 4.16. The van der Waals surface area contributed by atoms with E-state index in [0.717, 1.165) is 35.7 Å². The number of hydrogen-bond acceptors (Lipinski definition) is 4. The number of amides is 2. The molecule has 0 radical (unpaired) electrons. The van der Waals surface area contributed by atoms with E-state index in [9.17, 15) is 9.59 Å². The number of para-hydroxylation sites is 2. The molecule has 164 valence electrons. The van der Waals surface area contributed by atoms with Gasteiger partial charge in [-0.05, 0) is 67.9 Å². The maximum absolute atomic E-state index is 12.7. The van der Waals surface area contributed by atoms with E-state index >= 15 is 0 Å². The SMILES string of the molecule is CCN(CC)c1ccc(NC(=O)c2ccc(CN3C(=O)COc4ccccc43)cc2)cc1. The Kier molecular flexibility index (Phi) is 6.40. The van der Waals surface area contributed by atoms with Crippen LogP contribution in [-0.4, -0.2) is 31.5 Å².